The van der Waals surface area contributed by atoms with E-state index < -0.39 is 17.8 Å². The van der Waals surface area contributed by atoms with Gasteiger partial charge in [-0.3, -0.25) is 4.90 Å². The van der Waals surface area contributed by atoms with Crippen molar-refractivity contribution < 1.29 is 22.7 Å². The van der Waals surface area contributed by atoms with E-state index in [1.54, 1.807) is 4.90 Å². The highest BCUT2D eigenvalue weighted by Crippen LogP contribution is 2.31. The number of carbonyl (C=O) groups excluding carboxylic acids is 1. The Morgan fingerprint density at radius 3 is 2.38 bits per heavy atom. The predicted octanol–water partition coefficient (Wildman–Crippen LogP) is 4.09. The van der Waals surface area contributed by atoms with Crippen LogP contribution in [0, 0.1) is 0 Å². The number of piperidine rings is 1. The van der Waals surface area contributed by atoms with Gasteiger partial charge in [-0.15, -0.1) is 0 Å². The number of amides is 1. The summed E-state index contributed by atoms with van der Waals surface area (Å²) in [6.45, 7) is 7.58. The van der Waals surface area contributed by atoms with Crippen LogP contribution in [0.25, 0.3) is 0 Å². The number of nitrogens with one attached hydrogen (secondary N) is 1. The average molecular weight is 416 g/mol. The number of ether oxygens (including phenoxy) is 1. The number of H-pyrrole nitrogens is 1. The number of rotatable bonds is 4. The SMILES string of the molecule is CC(C)(C)OC(=O)N1CCC(c2ncc(CC(N3CCCC3)C(F)(F)F)[nH]2)CC1. The molecule has 3 heterocycles. The topological polar surface area (TPSA) is 61.5 Å². The maximum absolute atomic E-state index is 13.5. The first-order valence-corrected chi connectivity index (χ1v) is 10.4. The molecule has 0 aliphatic carbocycles. The molecule has 6 nitrogen and oxygen atoms in total. The molecule has 0 radical (unpaired) electrons. The number of likely N-dealkylation sites (tertiary alicyclic amines) is 2. The van der Waals surface area contributed by atoms with E-state index in [0.29, 0.717) is 50.5 Å². The molecule has 1 atom stereocenters. The Balaban J connectivity index is 1.57. The molecule has 2 aliphatic rings. The first-order chi connectivity index (χ1) is 13.5. The van der Waals surface area contributed by atoms with Crippen molar-refractivity contribution in [3.05, 3.63) is 17.7 Å². The Bertz CT molecular complexity index is 685. The average Bonchev–Trinajstić information content (AvgIpc) is 3.29. The van der Waals surface area contributed by atoms with Gasteiger partial charge in [0.15, 0.2) is 0 Å². The Kier molecular flexibility index (Phi) is 6.45. The number of carbonyl (C=O) groups is 1. The zero-order valence-corrected chi connectivity index (χ0v) is 17.4. The van der Waals surface area contributed by atoms with E-state index in [1.165, 1.54) is 11.1 Å². The van der Waals surface area contributed by atoms with Gasteiger partial charge >= 0.3 is 12.3 Å². The van der Waals surface area contributed by atoms with Gasteiger partial charge < -0.3 is 14.6 Å². The van der Waals surface area contributed by atoms with Crippen LogP contribution in [0.2, 0.25) is 0 Å². The lowest BCUT2D eigenvalue weighted by Crippen LogP contribution is -2.45. The third kappa shape index (κ3) is 5.87. The van der Waals surface area contributed by atoms with Crippen LogP contribution in [-0.4, -0.2) is 69.9 Å². The fraction of sp³-hybridized carbons (Fsp3) is 0.800. The van der Waals surface area contributed by atoms with Gasteiger partial charge in [0.2, 0.25) is 0 Å². The molecular weight excluding hydrogens is 385 g/mol. The minimum Gasteiger partial charge on any atom is -0.444 e. The van der Waals surface area contributed by atoms with Gasteiger partial charge in [0.25, 0.3) is 0 Å². The second kappa shape index (κ2) is 8.53. The molecule has 0 saturated carbocycles. The van der Waals surface area contributed by atoms with Crippen LogP contribution < -0.4 is 0 Å². The Hall–Kier alpha value is -1.77. The van der Waals surface area contributed by atoms with Gasteiger partial charge in [-0.05, 0) is 59.5 Å². The highest BCUT2D eigenvalue weighted by atomic mass is 19.4. The van der Waals surface area contributed by atoms with E-state index in [-0.39, 0.29) is 18.4 Å². The van der Waals surface area contributed by atoms with E-state index in [0.717, 1.165) is 12.8 Å². The third-order valence-corrected chi connectivity index (χ3v) is 5.55. The molecule has 1 N–H and O–H groups in total. The summed E-state index contributed by atoms with van der Waals surface area (Å²) in [7, 11) is 0. The van der Waals surface area contributed by atoms with Crippen LogP contribution in [0.15, 0.2) is 6.20 Å². The maximum Gasteiger partial charge on any atom is 0.410 e. The molecule has 1 unspecified atom stereocenters. The van der Waals surface area contributed by atoms with Gasteiger partial charge in [0.05, 0.1) is 0 Å². The number of nitrogens with zero attached hydrogens (tertiary/aromatic N) is 3. The van der Waals surface area contributed by atoms with Crippen molar-refractivity contribution in [3.63, 3.8) is 0 Å². The molecule has 1 amide bonds. The van der Waals surface area contributed by atoms with Crippen molar-refractivity contribution in [3.8, 4) is 0 Å². The van der Waals surface area contributed by atoms with Crippen molar-refractivity contribution >= 4 is 6.09 Å². The van der Waals surface area contributed by atoms with Gasteiger partial charge in [0, 0.05) is 37.3 Å². The molecule has 0 spiro atoms. The van der Waals surface area contributed by atoms with Gasteiger partial charge in [-0.25, -0.2) is 9.78 Å². The van der Waals surface area contributed by atoms with E-state index in [4.69, 9.17) is 4.74 Å². The lowest BCUT2D eigenvalue weighted by atomic mass is 9.96. The Morgan fingerprint density at radius 2 is 1.83 bits per heavy atom. The van der Waals surface area contributed by atoms with Crippen LogP contribution in [-0.2, 0) is 11.2 Å². The van der Waals surface area contributed by atoms with Crippen LogP contribution >= 0.6 is 0 Å². The lowest BCUT2D eigenvalue weighted by Gasteiger charge is -2.32. The summed E-state index contributed by atoms with van der Waals surface area (Å²) in [4.78, 5) is 22.9. The molecular formula is C20H31F3N4O2. The minimum absolute atomic E-state index is 0.104. The minimum atomic E-state index is -4.26. The fourth-order valence-corrected chi connectivity index (χ4v) is 4.06. The monoisotopic (exact) mass is 416 g/mol. The zero-order chi connectivity index (χ0) is 21.2. The third-order valence-electron chi connectivity index (χ3n) is 5.55. The fourth-order valence-electron chi connectivity index (χ4n) is 4.06. The number of imidazole rings is 1. The zero-order valence-electron chi connectivity index (χ0n) is 17.4. The van der Waals surface area contributed by atoms with Crippen molar-refractivity contribution in [2.75, 3.05) is 26.2 Å². The summed E-state index contributed by atoms with van der Waals surface area (Å²) >= 11 is 0. The first-order valence-electron chi connectivity index (χ1n) is 10.4. The molecule has 2 fully saturated rings. The molecule has 3 rings (SSSR count). The number of hydrogen-bond acceptors (Lipinski definition) is 4. The second-order valence-electron chi connectivity index (χ2n) is 9.04. The summed E-state index contributed by atoms with van der Waals surface area (Å²) in [5.41, 5.74) is -0.0161. The summed E-state index contributed by atoms with van der Waals surface area (Å²) in [5, 5.41) is 0. The van der Waals surface area contributed by atoms with Gasteiger partial charge in [0.1, 0.15) is 17.5 Å². The van der Waals surface area contributed by atoms with E-state index in [9.17, 15) is 18.0 Å². The van der Waals surface area contributed by atoms with Crippen molar-refractivity contribution in [2.24, 2.45) is 0 Å². The van der Waals surface area contributed by atoms with Crippen molar-refractivity contribution in [1.82, 2.24) is 19.8 Å². The molecule has 0 bridgehead atoms. The maximum atomic E-state index is 13.5. The molecule has 2 aliphatic heterocycles. The summed E-state index contributed by atoms with van der Waals surface area (Å²) in [5.74, 6) is 0.824. The Labute approximate surface area is 169 Å². The summed E-state index contributed by atoms with van der Waals surface area (Å²) in [6, 6.07) is -1.47. The molecule has 0 aromatic carbocycles. The number of aromatic amines is 1. The molecule has 2 saturated heterocycles. The van der Waals surface area contributed by atoms with Gasteiger partial charge in [-0.2, -0.15) is 13.2 Å². The number of hydrogen-bond donors (Lipinski definition) is 1. The van der Waals surface area contributed by atoms with E-state index in [1.807, 2.05) is 20.8 Å². The van der Waals surface area contributed by atoms with Crippen LogP contribution in [0.1, 0.15) is 63.9 Å². The molecule has 1 aromatic rings. The molecule has 1 aromatic heterocycles. The Morgan fingerprint density at radius 1 is 1.21 bits per heavy atom. The van der Waals surface area contributed by atoms with Crippen LogP contribution in [0.5, 0.6) is 0 Å². The smallest absolute Gasteiger partial charge is 0.410 e. The largest absolute Gasteiger partial charge is 0.444 e. The lowest BCUT2D eigenvalue weighted by molar-refractivity contribution is -0.180. The van der Waals surface area contributed by atoms with E-state index in [2.05, 4.69) is 9.97 Å². The van der Waals surface area contributed by atoms with Gasteiger partial charge in [-0.1, -0.05) is 0 Å². The number of alkyl halides is 3. The normalized spacial score (nSPS) is 20.8. The predicted molar refractivity (Wildman–Crippen MR) is 103 cm³/mol. The summed E-state index contributed by atoms with van der Waals surface area (Å²) < 4.78 is 46.0. The van der Waals surface area contributed by atoms with E-state index >= 15 is 0 Å². The highest BCUT2D eigenvalue weighted by molar-refractivity contribution is 5.68. The second-order valence-corrected chi connectivity index (χ2v) is 9.04. The number of aromatic nitrogens is 2. The number of halogens is 3. The molecule has 9 heteroatoms. The highest BCUT2D eigenvalue weighted by Gasteiger charge is 2.44. The van der Waals surface area contributed by atoms with Crippen LogP contribution in [0.4, 0.5) is 18.0 Å². The van der Waals surface area contributed by atoms with Crippen LogP contribution in [0.3, 0.4) is 0 Å². The molecule has 29 heavy (non-hydrogen) atoms. The first kappa shape index (κ1) is 21.9. The summed E-state index contributed by atoms with van der Waals surface area (Å²) in [6.07, 6.45) is -0.100. The quantitative estimate of drug-likeness (QED) is 0.803. The standard InChI is InChI=1S/C20H31F3N4O2/c1-19(2,3)29-18(28)27-10-6-14(7-11-27)17-24-13-15(25-17)12-16(20(21,22)23)26-8-4-5-9-26/h13-14,16H,4-12H2,1-3H3,(H,24,25). The van der Waals surface area contributed by atoms with Crippen molar-refractivity contribution in [2.45, 2.75) is 76.6 Å². The molecule has 164 valence electrons. The van der Waals surface area contributed by atoms with Crippen molar-refractivity contribution in [1.29, 1.82) is 0 Å².